The molecular weight excluding hydrogens is 238 g/mol. The highest BCUT2D eigenvalue weighted by atomic mass is 15.4. The Kier molecular flexibility index (Phi) is 3.32. The van der Waals surface area contributed by atoms with E-state index in [9.17, 15) is 0 Å². The minimum atomic E-state index is 0.245. The van der Waals surface area contributed by atoms with Gasteiger partial charge in [-0.2, -0.15) is 5.10 Å². The molecule has 5 nitrogen and oxygen atoms in total. The fraction of sp³-hybridized carbons (Fsp3) is 0.714. The van der Waals surface area contributed by atoms with Crippen molar-refractivity contribution in [2.45, 2.75) is 54.6 Å². The average Bonchev–Trinajstić information content (AvgIpc) is 2.77. The van der Waals surface area contributed by atoms with Crippen LogP contribution >= 0.6 is 0 Å². The van der Waals surface area contributed by atoms with Gasteiger partial charge in [-0.15, -0.1) is 0 Å². The van der Waals surface area contributed by atoms with Gasteiger partial charge in [-0.25, -0.2) is 9.67 Å². The van der Waals surface area contributed by atoms with Gasteiger partial charge in [0, 0.05) is 13.1 Å². The Morgan fingerprint density at radius 2 is 1.95 bits per heavy atom. The van der Waals surface area contributed by atoms with Crippen molar-refractivity contribution in [2.75, 3.05) is 5.73 Å². The molecule has 0 aliphatic heterocycles. The molecule has 0 spiro atoms. The van der Waals surface area contributed by atoms with Crippen LogP contribution in [0.15, 0.2) is 0 Å². The highest BCUT2D eigenvalue weighted by molar-refractivity contribution is 5.77. The molecule has 106 valence electrons. The van der Waals surface area contributed by atoms with Gasteiger partial charge in [0.1, 0.15) is 5.52 Å². The molecule has 0 fully saturated rings. The maximum absolute atomic E-state index is 6.09. The Hall–Kier alpha value is -1.52. The Labute approximate surface area is 114 Å². The van der Waals surface area contributed by atoms with Crippen molar-refractivity contribution in [3.05, 3.63) is 5.69 Å². The largest absolute Gasteiger partial charge is 0.369 e. The van der Waals surface area contributed by atoms with Crippen LogP contribution in [0.4, 0.5) is 5.95 Å². The minimum absolute atomic E-state index is 0.245. The summed E-state index contributed by atoms with van der Waals surface area (Å²) in [6.07, 6.45) is 0. The van der Waals surface area contributed by atoms with Crippen molar-refractivity contribution < 1.29 is 0 Å². The minimum Gasteiger partial charge on any atom is -0.369 e. The first-order chi connectivity index (χ1) is 8.75. The monoisotopic (exact) mass is 263 g/mol. The van der Waals surface area contributed by atoms with Crippen LogP contribution in [0.2, 0.25) is 0 Å². The van der Waals surface area contributed by atoms with E-state index < -0.39 is 0 Å². The summed E-state index contributed by atoms with van der Waals surface area (Å²) in [6.45, 7) is 14.8. The van der Waals surface area contributed by atoms with E-state index in [1.54, 1.807) is 0 Å². The summed E-state index contributed by atoms with van der Waals surface area (Å²) in [6, 6.07) is 0. The molecule has 5 heteroatoms. The smallest absolute Gasteiger partial charge is 0.202 e. The van der Waals surface area contributed by atoms with Gasteiger partial charge in [-0.3, -0.25) is 4.57 Å². The van der Waals surface area contributed by atoms with Gasteiger partial charge in [0.15, 0.2) is 5.65 Å². The summed E-state index contributed by atoms with van der Waals surface area (Å²) in [4.78, 5) is 4.47. The van der Waals surface area contributed by atoms with Gasteiger partial charge in [0.05, 0.1) is 5.69 Å². The van der Waals surface area contributed by atoms with Gasteiger partial charge >= 0.3 is 0 Å². The standard InChI is InChI=1S/C14H25N5/c1-7-19-12-11(10(3)17-19)16-13(15)18(12)8-9(2)14(4,5)6/h9H,7-8H2,1-6H3,(H2,15,16). The zero-order valence-corrected chi connectivity index (χ0v) is 12.9. The molecule has 0 aliphatic rings. The Morgan fingerprint density at radius 3 is 2.47 bits per heavy atom. The molecule has 0 saturated heterocycles. The molecule has 0 amide bonds. The first-order valence-electron chi connectivity index (χ1n) is 6.94. The zero-order valence-electron chi connectivity index (χ0n) is 12.9. The third-order valence-corrected chi connectivity index (χ3v) is 4.06. The fourth-order valence-corrected chi connectivity index (χ4v) is 2.19. The molecule has 0 aromatic carbocycles. The highest BCUT2D eigenvalue weighted by Gasteiger charge is 2.24. The quantitative estimate of drug-likeness (QED) is 0.926. The summed E-state index contributed by atoms with van der Waals surface area (Å²) < 4.78 is 4.10. The lowest BCUT2D eigenvalue weighted by atomic mass is 9.82. The van der Waals surface area contributed by atoms with Crippen LogP contribution in [0.5, 0.6) is 0 Å². The van der Waals surface area contributed by atoms with E-state index in [4.69, 9.17) is 5.73 Å². The molecule has 2 rings (SSSR count). The normalized spacial score (nSPS) is 14.2. The van der Waals surface area contributed by atoms with Crippen molar-refractivity contribution in [3.8, 4) is 0 Å². The fourth-order valence-electron chi connectivity index (χ4n) is 2.19. The summed E-state index contributed by atoms with van der Waals surface area (Å²) in [7, 11) is 0. The van der Waals surface area contributed by atoms with Crippen LogP contribution < -0.4 is 5.73 Å². The molecule has 0 bridgehead atoms. The number of nitrogens with two attached hydrogens (primary N) is 1. The number of nitrogen functional groups attached to an aromatic ring is 1. The maximum Gasteiger partial charge on any atom is 0.202 e. The average molecular weight is 263 g/mol. The van der Waals surface area contributed by atoms with Crippen LogP contribution in [0.1, 0.15) is 40.3 Å². The van der Waals surface area contributed by atoms with E-state index in [1.807, 2.05) is 11.6 Å². The molecular formula is C14H25N5. The summed E-state index contributed by atoms with van der Waals surface area (Å²) >= 11 is 0. The number of rotatable bonds is 3. The third-order valence-electron chi connectivity index (χ3n) is 4.06. The second-order valence-electron chi connectivity index (χ2n) is 6.42. The van der Waals surface area contributed by atoms with E-state index in [0.29, 0.717) is 11.9 Å². The van der Waals surface area contributed by atoms with Crippen LogP contribution in [-0.2, 0) is 13.1 Å². The number of aryl methyl sites for hydroxylation is 2. The molecule has 0 radical (unpaired) electrons. The number of aromatic nitrogens is 4. The summed E-state index contributed by atoms with van der Waals surface area (Å²) in [5.41, 5.74) is 9.27. The van der Waals surface area contributed by atoms with Gasteiger partial charge in [-0.05, 0) is 25.2 Å². The number of nitrogens with zero attached hydrogens (tertiary/aromatic N) is 4. The number of hydrogen-bond acceptors (Lipinski definition) is 3. The molecule has 0 saturated carbocycles. The van der Waals surface area contributed by atoms with Crippen molar-refractivity contribution in [3.63, 3.8) is 0 Å². The number of hydrogen-bond donors (Lipinski definition) is 1. The lowest BCUT2D eigenvalue weighted by molar-refractivity contribution is 0.235. The van der Waals surface area contributed by atoms with Gasteiger partial charge in [-0.1, -0.05) is 27.7 Å². The summed E-state index contributed by atoms with van der Waals surface area (Å²) in [5.74, 6) is 1.10. The molecule has 0 aliphatic carbocycles. The van der Waals surface area contributed by atoms with Crippen LogP contribution in [-0.4, -0.2) is 19.3 Å². The lowest BCUT2D eigenvalue weighted by Gasteiger charge is -2.28. The molecule has 1 unspecified atom stereocenters. The molecule has 2 aromatic rings. The molecule has 1 atom stereocenters. The first-order valence-corrected chi connectivity index (χ1v) is 6.94. The van der Waals surface area contributed by atoms with Gasteiger partial charge < -0.3 is 5.73 Å². The molecule has 19 heavy (non-hydrogen) atoms. The highest BCUT2D eigenvalue weighted by Crippen LogP contribution is 2.29. The van der Waals surface area contributed by atoms with Crippen molar-refractivity contribution in [2.24, 2.45) is 11.3 Å². The van der Waals surface area contributed by atoms with Crippen molar-refractivity contribution in [1.29, 1.82) is 0 Å². The third kappa shape index (κ3) is 2.33. The second kappa shape index (κ2) is 4.54. The number of fused-ring (bicyclic) bond motifs is 1. The SMILES string of the molecule is CCn1nc(C)c2nc(N)n(CC(C)C(C)(C)C)c21. The second-order valence-corrected chi connectivity index (χ2v) is 6.42. The van der Waals surface area contributed by atoms with Gasteiger partial charge in [0.25, 0.3) is 0 Å². The van der Waals surface area contributed by atoms with Crippen molar-refractivity contribution in [1.82, 2.24) is 19.3 Å². The number of anilines is 1. The van der Waals surface area contributed by atoms with Crippen LogP contribution in [0.3, 0.4) is 0 Å². The molecule has 2 N–H and O–H groups in total. The predicted molar refractivity (Wildman–Crippen MR) is 79.0 cm³/mol. The van der Waals surface area contributed by atoms with Crippen LogP contribution in [0.25, 0.3) is 11.2 Å². The molecule has 2 aromatic heterocycles. The van der Waals surface area contributed by atoms with Crippen LogP contribution in [0, 0.1) is 18.3 Å². The van der Waals surface area contributed by atoms with E-state index >= 15 is 0 Å². The van der Waals surface area contributed by atoms with Gasteiger partial charge in [0.2, 0.25) is 5.95 Å². The maximum atomic E-state index is 6.09. The van der Waals surface area contributed by atoms with E-state index in [2.05, 4.69) is 49.3 Å². The van der Waals surface area contributed by atoms with E-state index in [1.165, 1.54) is 0 Å². The number of imidazole rings is 1. The topological polar surface area (TPSA) is 61.7 Å². The lowest BCUT2D eigenvalue weighted by Crippen LogP contribution is -2.23. The Bertz CT molecular complexity index is 585. The van der Waals surface area contributed by atoms with E-state index in [0.717, 1.165) is 29.9 Å². The van der Waals surface area contributed by atoms with Crippen molar-refractivity contribution >= 4 is 17.1 Å². The first kappa shape index (κ1) is 13.9. The molecule has 2 heterocycles. The Balaban J connectivity index is 2.51. The Morgan fingerprint density at radius 1 is 1.32 bits per heavy atom. The zero-order chi connectivity index (χ0) is 14.4. The van der Waals surface area contributed by atoms with E-state index in [-0.39, 0.29) is 5.41 Å². The summed E-state index contributed by atoms with van der Waals surface area (Å²) in [5, 5.41) is 4.52. The predicted octanol–water partition coefficient (Wildman–Crippen LogP) is 2.83.